The number of rotatable bonds is 2. The van der Waals surface area contributed by atoms with Crippen LogP contribution in [0, 0.1) is 0 Å². The number of imidazole rings is 1. The van der Waals surface area contributed by atoms with Crippen LogP contribution in [0.15, 0.2) is 6.20 Å². The minimum Gasteiger partial charge on any atom is -0.337 e. The molecule has 0 saturated carbocycles. The quantitative estimate of drug-likeness (QED) is 0.661. The molecule has 1 unspecified atom stereocenters. The highest BCUT2D eigenvalue weighted by Gasteiger charge is 2.09. The van der Waals surface area contributed by atoms with Crippen molar-refractivity contribution >= 4 is 5.78 Å². The smallest absolute Gasteiger partial charge is 0.177 e. The van der Waals surface area contributed by atoms with Gasteiger partial charge < -0.3 is 4.98 Å². The third-order valence-electron chi connectivity index (χ3n) is 1.35. The Hall–Kier alpha value is -1.19. The lowest BCUT2D eigenvalue weighted by molar-refractivity contribution is 0.101. The Kier molecular flexibility index (Phi) is 2.03. The van der Waals surface area contributed by atoms with Crippen LogP contribution in [0.2, 0.25) is 0 Å². The fourth-order valence-corrected chi connectivity index (χ4v) is 0.718. The van der Waals surface area contributed by atoms with E-state index in [1.165, 1.54) is 20.0 Å². The Bertz CT molecular complexity index is 267. The van der Waals surface area contributed by atoms with E-state index in [1.54, 1.807) is 0 Å². The van der Waals surface area contributed by atoms with Gasteiger partial charge in [0.25, 0.3) is 0 Å². The number of nitrogens with one attached hydrogen (secondary N) is 1. The second kappa shape index (κ2) is 2.82. The van der Waals surface area contributed by atoms with E-state index in [0.29, 0.717) is 5.69 Å². The fraction of sp³-hybridized carbons (Fsp3) is 0.429. The van der Waals surface area contributed by atoms with Gasteiger partial charge in [-0.3, -0.25) is 4.79 Å². The van der Waals surface area contributed by atoms with Gasteiger partial charge in [0.15, 0.2) is 12.0 Å². The van der Waals surface area contributed by atoms with Crippen LogP contribution in [-0.4, -0.2) is 15.8 Å². The minimum absolute atomic E-state index is 0.135. The highest BCUT2D eigenvalue weighted by atomic mass is 19.1. The first-order chi connectivity index (χ1) is 5.11. The SMILES string of the molecule is CC(=O)c1cnc(C(C)F)[nH]1. The van der Waals surface area contributed by atoms with Gasteiger partial charge in [0, 0.05) is 6.92 Å². The van der Waals surface area contributed by atoms with Gasteiger partial charge in [-0.25, -0.2) is 9.37 Å². The van der Waals surface area contributed by atoms with Crippen LogP contribution in [0.1, 0.15) is 36.3 Å². The number of aromatic nitrogens is 2. The second-order valence-electron chi connectivity index (χ2n) is 2.35. The molecule has 11 heavy (non-hydrogen) atoms. The van der Waals surface area contributed by atoms with Crippen molar-refractivity contribution < 1.29 is 9.18 Å². The minimum atomic E-state index is -1.15. The first-order valence-electron chi connectivity index (χ1n) is 3.31. The van der Waals surface area contributed by atoms with E-state index < -0.39 is 6.17 Å². The molecule has 1 aromatic rings. The van der Waals surface area contributed by atoms with E-state index in [1.807, 2.05) is 0 Å². The summed E-state index contributed by atoms with van der Waals surface area (Å²) in [5.41, 5.74) is 0.351. The predicted molar refractivity (Wildman–Crippen MR) is 38.1 cm³/mol. The summed E-state index contributed by atoms with van der Waals surface area (Å²) >= 11 is 0. The number of carbonyl (C=O) groups is 1. The Balaban J connectivity index is 2.90. The van der Waals surface area contributed by atoms with Gasteiger partial charge in [-0.15, -0.1) is 0 Å². The van der Waals surface area contributed by atoms with Gasteiger partial charge >= 0.3 is 0 Å². The predicted octanol–water partition coefficient (Wildman–Crippen LogP) is 1.64. The van der Waals surface area contributed by atoms with Gasteiger partial charge in [-0.1, -0.05) is 0 Å². The maximum Gasteiger partial charge on any atom is 0.177 e. The van der Waals surface area contributed by atoms with Crippen LogP contribution in [0.3, 0.4) is 0 Å². The molecule has 0 fully saturated rings. The Labute approximate surface area is 63.6 Å². The average Bonchev–Trinajstić information content (AvgIpc) is 2.33. The molecule has 0 aliphatic carbocycles. The molecule has 0 saturated heterocycles. The number of aromatic amines is 1. The zero-order valence-electron chi connectivity index (χ0n) is 6.39. The number of halogens is 1. The zero-order valence-corrected chi connectivity index (χ0v) is 6.39. The van der Waals surface area contributed by atoms with E-state index in [4.69, 9.17) is 0 Å². The molecule has 1 rings (SSSR count). The molecule has 0 aliphatic rings. The third-order valence-corrected chi connectivity index (χ3v) is 1.35. The van der Waals surface area contributed by atoms with Gasteiger partial charge in [-0.2, -0.15) is 0 Å². The number of H-pyrrole nitrogens is 1. The van der Waals surface area contributed by atoms with Crippen molar-refractivity contribution in [2.45, 2.75) is 20.0 Å². The van der Waals surface area contributed by atoms with Crippen molar-refractivity contribution in [2.75, 3.05) is 0 Å². The molecule has 0 bridgehead atoms. The van der Waals surface area contributed by atoms with Crippen molar-refractivity contribution in [3.8, 4) is 0 Å². The summed E-state index contributed by atoms with van der Waals surface area (Å²) in [6.45, 7) is 2.77. The number of hydrogen-bond donors (Lipinski definition) is 1. The van der Waals surface area contributed by atoms with Crippen LogP contribution < -0.4 is 0 Å². The molecule has 0 spiro atoms. The molecule has 0 aliphatic heterocycles. The lowest BCUT2D eigenvalue weighted by Crippen LogP contribution is -1.93. The zero-order chi connectivity index (χ0) is 8.43. The van der Waals surface area contributed by atoms with Gasteiger partial charge in [-0.05, 0) is 6.92 Å². The topological polar surface area (TPSA) is 45.8 Å². The summed E-state index contributed by atoms with van der Waals surface area (Å²) in [6.07, 6.45) is 0.191. The molecule has 60 valence electrons. The highest BCUT2D eigenvalue weighted by molar-refractivity contribution is 5.91. The van der Waals surface area contributed by atoms with Crippen molar-refractivity contribution in [1.29, 1.82) is 0 Å². The Morgan fingerprint density at radius 1 is 1.82 bits per heavy atom. The van der Waals surface area contributed by atoms with Gasteiger partial charge in [0.1, 0.15) is 11.5 Å². The average molecular weight is 156 g/mol. The molecule has 1 heterocycles. The van der Waals surface area contributed by atoms with Gasteiger partial charge in [0.05, 0.1) is 6.20 Å². The monoisotopic (exact) mass is 156 g/mol. The first kappa shape index (κ1) is 7.91. The second-order valence-corrected chi connectivity index (χ2v) is 2.35. The van der Waals surface area contributed by atoms with Crippen LogP contribution in [-0.2, 0) is 0 Å². The van der Waals surface area contributed by atoms with Crippen LogP contribution in [0.4, 0.5) is 4.39 Å². The highest BCUT2D eigenvalue weighted by Crippen LogP contribution is 2.11. The molecular formula is C7H9FN2O. The van der Waals surface area contributed by atoms with E-state index >= 15 is 0 Å². The van der Waals surface area contributed by atoms with Crippen molar-refractivity contribution in [2.24, 2.45) is 0 Å². The number of hydrogen-bond acceptors (Lipinski definition) is 2. The molecule has 0 amide bonds. The maximum absolute atomic E-state index is 12.5. The Morgan fingerprint density at radius 2 is 2.45 bits per heavy atom. The molecular weight excluding hydrogens is 147 g/mol. The van der Waals surface area contributed by atoms with E-state index in [-0.39, 0.29) is 11.6 Å². The number of alkyl halides is 1. The largest absolute Gasteiger partial charge is 0.337 e. The normalized spacial score (nSPS) is 13.0. The summed E-state index contributed by atoms with van der Waals surface area (Å²) < 4.78 is 12.5. The maximum atomic E-state index is 12.5. The number of Topliss-reactive ketones (excluding diaryl/α,β-unsaturated/α-hetero) is 1. The van der Waals surface area contributed by atoms with Crippen LogP contribution >= 0.6 is 0 Å². The summed E-state index contributed by atoms with van der Waals surface area (Å²) in [5, 5.41) is 0. The number of nitrogens with zero attached hydrogens (tertiary/aromatic N) is 1. The van der Waals surface area contributed by atoms with Crippen LogP contribution in [0.5, 0.6) is 0 Å². The van der Waals surface area contributed by atoms with E-state index in [2.05, 4.69) is 9.97 Å². The molecule has 0 aromatic carbocycles. The fourth-order valence-electron chi connectivity index (χ4n) is 0.718. The molecule has 1 aromatic heterocycles. The molecule has 3 nitrogen and oxygen atoms in total. The van der Waals surface area contributed by atoms with E-state index in [0.717, 1.165) is 0 Å². The third kappa shape index (κ3) is 1.63. The summed E-state index contributed by atoms with van der Waals surface area (Å²) in [6, 6.07) is 0. The summed E-state index contributed by atoms with van der Waals surface area (Å²) in [7, 11) is 0. The standard InChI is InChI=1S/C7H9FN2O/c1-4(8)7-9-3-6(10-7)5(2)11/h3-4H,1-2H3,(H,9,10). The first-order valence-corrected chi connectivity index (χ1v) is 3.31. The lowest BCUT2D eigenvalue weighted by Gasteiger charge is -1.93. The van der Waals surface area contributed by atoms with Crippen molar-refractivity contribution in [1.82, 2.24) is 9.97 Å². The number of carbonyl (C=O) groups excluding carboxylic acids is 1. The molecule has 1 N–H and O–H groups in total. The number of ketones is 1. The Morgan fingerprint density at radius 3 is 2.73 bits per heavy atom. The molecule has 0 radical (unpaired) electrons. The molecule has 4 heteroatoms. The molecule has 1 atom stereocenters. The van der Waals surface area contributed by atoms with Crippen molar-refractivity contribution in [3.63, 3.8) is 0 Å². The van der Waals surface area contributed by atoms with E-state index in [9.17, 15) is 9.18 Å². The van der Waals surface area contributed by atoms with Crippen LogP contribution in [0.25, 0.3) is 0 Å². The lowest BCUT2D eigenvalue weighted by atomic mass is 10.3. The van der Waals surface area contributed by atoms with Gasteiger partial charge in [0.2, 0.25) is 0 Å². The summed E-state index contributed by atoms with van der Waals surface area (Å²) in [5.74, 6) is 0.0691. The van der Waals surface area contributed by atoms with Crippen molar-refractivity contribution in [3.05, 3.63) is 17.7 Å². The summed E-state index contributed by atoms with van der Waals surface area (Å²) in [4.78, 5) is 16.9.